The minimum Gasteiger partial charge on any atom is -0.465 e. The zero-order valence-electron chi connectivity index (χ0n) is 25.6. The van der Waals surface area contributed by atoms with Crippen LogP contribution in [0.25, 0.3) is 16.7 Å². The molecule has 1 aliphatic carbocycles. The van der Waals surface area contributed by atoms with Crippen molar-refractivity contribution in [2.75, 3.05) is 19.7 Å². The van der Waals surface area contributed by atoms with Crippen LogP contribution in [0.2, 0.25) is 10.2 Å². The van der Waals surface area contributed by atoms with Crippen LogP contribution in [-0.2, 0) is 11.3 Å². The van der Waals surface area contributed by atoms with E-state index in [9.17, 15) is 24.6 Å². The molecule has 13 heteroatoms. The fourth-order valence-electron chi connectivity index (χ4n) is 7.31. The molecule has 2 aromatic heterocycles. The number of ether oxygens (including phenoxy) is 1. The Labute approximate surface area is 280 Å². The van der Waals surface area contributed by atoms with Gasteiger partial charge in [-0.3, -0.25) is 23.6 Å². The Bertz CT molecular complexity index is 1870. The van der Waals surface area contributed by atoms with E-state index >= 15 is 0 Å². The zero-order valence-corrected chi connectivity index (χ0v) is 27.1. The van der Waals surface area contributed by atoms with Gasteiger partial charge in [-0.2, -0.15) is 0 Å². The average Bonchev–Trinajstić information content (AvgIpc) is 3.42. The van der Waals surface area contributed by atoms with Crippen LogP contribution in [-0.4, -0.2) is 83.6 Å². The summed E-state index contributed by atoms with van der Waals surface area (Å²) in [5, 5.41) is 22.6. The molecule has 2 aromatic carbocycles. The summed E-state index contributed by atoms with van der Waals surface area (Å²) in [7, 11) is 0. The molecule has 11 nitrogen and oxygen atoms in total. The summed E-state index contributed by atoms with van der Waals surface area (Å²) in [6, 6.07) is 15.1. The first-order chi connectivity index (χ1) is 22.6. The van der Waals surface area contributed by atoms with Gasteiger partial charge in [0.2, 0.25) is 0 Å². The van der Waals surface area contributed by atoms with E-state index in [2.05, 4.69) is 4.98 Å². The van der Waals surface area contributed by atoms with Gasteiger partial charge in [-0.05, 0) is 73.7 Å². The fraction of sp³-hybridized carbons (Fsp3) is 0.412. The van der Waals surface area contributed by atoms with Crippen LogP contribution in [0, 0.1) is 0 Å². The number of hydrogen-bond donors (Lipinski definition) is 2. The number of carbonyl (C=O) groups excluding carboxylic acids is 1. The van der Waals surface area contributed by atoms with Crippen molar-refractivity contribution in [2.24, 2.45) is 0 Å². The van der Waals surface area contributed by atoms with Crippen LogP contribution in [0.4, 0.5) is 4.79 Å². The van der Waals surface area contributed by atoms with Crippen molar-refractivity contribution in [2.45, 2.75) is 68.9 Å². The summed E-state index contributed by atoms with van der Waals surface area (Å²) in [4.78, 5) is 46.6. The summed E-state index contributed by atoms with van der Waals surface area (Å²) >= 11 is 12.6. The smallest absolute Gasteiger partial charge is 0.408 e. The predicted octanol–water partition coefficient (Wildman–Crippen LogP) is 5.52. The number of nitrogens with zero attached hydrogens (tertiary/aromatic N) is 5. The summed E-state index contributed by atoms with van der Waals surface area (Å²) in [6.45, 7) is 1.02. The lowest BCUT2D eigenvalue weighted by Gasteiger charge is -2.47. The maximum Gasteiger partial charge on any atom is 0.408 e. The van der Waals surface area contributed by atoms with Gasteiger partial charge in [0.15, 0.2) is 5.65 Å². The second-order valence-electron chi connectivity index (χ2n) is 12.8. The van der Waals surface area contributed by atoms with Crippen molar-refractivity contribution in [3.05, 3.63) is 92.6 Å². The Kier molecular flexibility index (Phi) is 8.50. The van der Waals surface area contributed by atoms with Gasteiger partial charge in [0, 0.05) is 29.4 Å². The summed E-state index contributed by atoms with van der Waals surface area (Å²) in [6.07, 6.45) is 4.71. The van der Waals surface area contributed by atoms with Crippen LogP contribution in [0.1, 0.15) is 60.5 Å². The highest BCUT2D eigenvalue weighted by molar-refractivity contribution is 6.31. The highest BCUT2D eigenvalue weighted by atomic mass is 35.5. The molecule has 0 radical (unpaired) electrons. The van der Waals surface area contributed by atoms with Gasteiger partial charge in [0.05, 0.1) is 42.3 Å². The number of hydrogen-bond acceptors (Lipinski definition) is 6. The van der Waals surface area contributed by atoms with Crippen molar-refractivity contribution < 1.29 is 24.5 Å². The van der Waals surface area contributed by atoms with Crippen molar-refractivity contribution >= 4 is 46.2 Å². The molecule has 2 N–H and O–H groups in total. The normalized spacial score (nSPS) is 22.7. The molecule has 4 heterocycles. The van der Waals surface area contributed by atoms with Crippen molar-refractivity contribution in [3.8, 4) is 5.69 Å². The second-order valence-corrected chi connectivity index (χ2v) is 13.6. The van der Waals surface area contributed by atoms with Crippen LogP contribution in [0.5, 0.6) is 0 Å². The number of aliphatic hydroxyl groups is 1. The highest BCUT2D eigenvalue weighted by Crippen LogP contribution is 2.37. The van der Waals surface area contributed by atoms with Crippen LogP contribution in [0.3, 0.4) is 0 Å². The molecule has 2 saturated heterocycles. The first-order valence-corrected chi connectivity index (χ1v) is 16.6. The number of carbonyl (C=O) groups is 2. The van der Waals surface area contributed by atoms with Crippen molar-refractivity contribution in [3.63, 3.8) is 0 Å². The maximum absolute atomic E-state index is 13.6. The summed E-state index contributed by atoms with van der Waals surface area (Å²) < 4.78 is 9.18. The number of halogens is 2. The third kappa shape index (κ3) is 6.01. The van der Waals surface area contributed by atoms with Crippen LogP contribution >= 0.6 is 23.2 Å². The molecule has 2 amide bonds. The molecule has 2 aliphatic heterocycles. The van der Waals surface area contributed by atoms with E-state index in [4.69, 9.17) is 27.9 Å². The lowest BCUT2D eigenvalue weighted by atomic mass is 9.88. The van der Waals surface area contributed by atoms with Gasteiger partial charge in [-0.1, -0.05) is 48.2 Å². The van der Waals surface area contributed by atoms with Crippen LogP contribution in [0.15, 0.2) is 65.7 Å². The predicted molar refractivity (Wildman–Crippen MR) is 176 cm³/mol. The first kappa shape index (κ1) is 31.7. The first-order valence-electron chi connectivity index (χ1n) is 15.9. The third-order valence-corrected chi connectivity index (χ3v) is 10.4. The molecular weight excluding hydrogens is 645 g/mol. The molecule has 246 valence electrons. The Balaban J connectivity index is 1.08. The van der Waals surface area contributed by atoms with Gasteiger partial charge in [-0.25, -0.2) is 9.78 Å². The standard InChI is InChI=1S/C34H35Cl2N5O6/c35-23-9-5-22(6-10-23)31(42)38-15-13-34(46,14-16-38)19-39-20-37-30-25(32(39)43)17-29(36)40(30)24-11-7-21(8-12-24)27-18-47-28-4-2-1-3-26(28)41(27)33(44)45/h5-12,17,20,26-28,46H,1-4,13-16,18-19H2,(H,44,45). The Morgan fingerprint density at radius 1 is 1.00 bits per heavy atom. The summed E-state index contributed by atoms with van der Waals surface area (Å²) in [5.41, 5.74) is 0.866. The van der Waals surface area contributed by atoms with E-state index in [-0.39, 0.29) is 30.2 Å². The van der Waals surface area contributed by atoms with Crippen LogP contribution < -0.4 is 5.56 Å². The number of piperidine rings is 1. The molecule has 0 spiro atoms. The zero-order chi connectivity index (χ0) is 32.9. The van der Waals surface area contributed by atoms with E-state index < -0.39 is 17.7 Å². The van der Waals surface area contributed by atoms with E-state index in [1.54, 1.807) is 44.7 Å². The number of amides is 2. The van der Waals surface area contributed by atoms with E-state index in [0.717, 1.165) is 31.2 Å². The number of likely N-dealkylation sites (tertiary alicyclic amines) is 1. The largest absolute Gasteiger partial charge is 0.465 e. The number of morpholine rings is 1. The molecule has 3 unspecified atom stereocenters. The molecule has 1 saturated carbocycles. The maximum atomic E-state index is 13.6. The molecule has 3 aliphatic rings. The lowest BCUT2D eigenvalue weighted by molar-refractivity contribution is -0.108. The van der Waals surface area contributed by atoms with Crippen molar-refractivity contribution in [1.29, 1.82) is 0 Å². The molecule has 3 fully saturated rings. The topological polar surface area (TPSA) is 130 Å². The van der Waals surface area contributed by atoms with Gasteiger partial charge < -0.3 is 19.8 Å². The Hall–Kier alpha value is -3.90. The monoisotopic (exact) mass is 679 g/mol. The lowest BCUT2D eigenvalue weighted by Crippen LogP contribution is -2.55. The van der Waals surface area contributed by atoms with Gasteiger partial charge in [-0.15, -0.1) is 0 Å². The number of aromatic nitrogens is 3. The molecule has 7 rings (SSSR count). The van der Waals surface area contributed by atoms with E-state index in [1.807, 2.05) is 24.3 Å². The number of rotatable bonds is 5. The fourth-order valence-corrected chi connectivity index (χ4v) is 7.73. The van der Waals surface area contributed by atoms with Gasteiger partial charge in [0.25, 0.3) is 11.5 Å². The number of benzene rings is 2. The number of carboxylic acid groups (broad SMARTS) is 1. The van der Waals surface area contributed by atoms with Crippen molar-refractivity contribution in [1.82, 2.24) is 23.9 Å². The minimum absolute atomic E-state index is 0.0284. The summed E-state index contributed by atoms with van der Waals surface area (Å²) in [5.74, 6) is -0.128. The Morgan fingerprint density at radius 3 is 2.40 bits per heavy atom. The van der Waals surface area contributed by atoms with Gasteiger partial charge >= 0.3 is 6.09 Å². The van der Waals surface area contributed by atoms with Gasteiger partial charge in [0.1, 0.15) is 11.5 Å². The molecule has 0 bridgehead atoms. The molecule has 3 atom stereocenters. The molecular formula is C34H35Cl2N5O6. The van der Waals surface area contributed by atoms with E-state index in [0.29, 0.717) is 65.0 Å². The molecule has 4 aromatic rings. The SMILES string of the molecule is O=C(c1ccc(Cl)cc1)N1CCC(O)(Cn2cnc3c(cc(Cl)n3-c3ccc(C4COC5CCCCC5N4C(=O)O)cc3)c2=O)CC1. The Morgan fingerprint density at radius 2 is 1.70 bits per heavy atom. The third-order valence-electron chi connectivity index (χ3n) is 9.86. The minimum atomic E-state index is -1.19. The highest BCUT2D eigenvalue weighted by Gasteiger charge is 2.42. The van der Waals surface area contributed by atoms with E-state index in [1.165, 1.54) is 10.9 Å². The second kappa shape index (κ2) is 12.6. The number of fused-ring (bicyclic) bond motifs is 2. The average molecular weight is 681 g/mol. The molecule has 47 heavy (non-hydrogen) atoms. The quantitative estimate of drug-likeness (QED) is 0.284.